The molecule has 6 rings (SSSR count). The number of aromatic nitrogens is 2. The van der Waals surface area contributed by atoms with E-state index in [9.17, 15) is 0 Å². The van der Waals surface area contributed by atoms with Gasteiger partial charge in [0, 0.05) is 43.7 Å². The summed E-state index contributed by atoms with van der Waals surface area (Å²) in [5, 5.41) is 2.46. The second-order valence-corrected chi connectivity index (χ2v) is 8.37. The van der Waals surface area contributed by atoms with E-state index >= 15 is 0 Å². The Balaban J connectivity index is 1.76. The number of rotatable bonds is 1. The molecule has 0 atom stereocenters. The van der Waals surface area contributed by atoms with Crippen molar-refractivity contribution in [3.05, 3.63) is 73.1 Å². The van der Waals surface area contributed by atoms with Crippen LogP contribution in [0.15, 0.2) is 73.1 Å². The summed E-state index contributed by atoms with van der Waals surface area (Å²) in [6, 6.07) is 21.3. The summed E-state index contributed by atoms with van der Waals surface area (Å²) >= 11 is 3.64. The van der Waals surface area contributed by atoms with Gasteiger partial charge in [0.25, 0.3) is 0 Å². The third kappa shape index (κ3) is 1.91. The lowest BCUT2D eigenvalue weighted by atomic mass is 10.1. The topological polar surface area (TPSA) is 25.8 Å². The molecule has 4 aromatic heterocycles. The van der Waals surface area contributed by atoms with Crippen LogP contribution in [0, 0.1) is 0 Å². The summed E-state index contributed by atoms with van der Waals surface area (Å²) in [6.07, 6.45) is 3.85. The minimum atomic E-state index is 1.09. The Morgan fingerprint density at radius 3 is 1.50 bits per heavy atom. The molecule has 0 unspecified atom stereocenters. The summed E-state index contributed by atoms with van der Waals surface area (Å²) in [7, 11) is 0. The van der Waals surface area contributed by atoms with Gasteiger partial charge in [0.1, 0.15) is 0 Å². The molecule has 0 N–H and O–H groups in total. The second-order valence-electron chi connectivity index (χ2n) is 6.27. The van der Waals surface area contributed by atoms with Gasteiger partial charge in [-0.25, -0.2) is 0 Å². The molecule has 122 valence electrons. The van der Waals surface area contributed by atoms with Crippen LogP contribution in [0.5, 0.6) is 0 Å². The minimum Gasteiger partial charge on any atom is -0.255 e. The molecule has 0 aliphatic carbocycles. The van der Waals surface area contributed by atoms with Gasteiger partial charge >= 0.3 is 0 Å². The largest absolute Gasteiger partial charge is 0.255 e. The summed E-state index contributed by atoms with van der Waals surface area (Å²) in [5.74, 6) is 0. The highest BCUT2D eigenvalue weighted by Gasteiger charge is 2.15. The lowest BCUT2D eigenvalue weighted by Crippen LogP contribution is -1.83. The first-order chi connectivity index (χ1) is 12.9. The Hall–Kier alpha value is -2.82. The maximum Gasteiger partial charge on any atom is 0.0894 e. The molecule has 0 amide bonds. The average molecular weight is 368 g/mol. The number of nitrogens with zero attached hydrogens (tertiary/aromatic N) is 2. The molecule has 0 saturated heterocycles. The molecule has 0 fully saturated rings. The average Bonchev–Trinajstić information content (AvgIpc) is 3.26. The molecular weight excluding hydrogens is 356 g/mol. The predicted octanol–water partition coefficient (Wildman–Crippen LogP) is 6.88. The molecule has 26 heavy (non-hydrogen) atoms. The van der Waals surface area contributed by atoms with Gasteiger partial charge < -0.3 is 0 Å². The van der Waals surface area contributed by atoms with Crippen molar-refractivity contribution in [2.75, 3.05) is 0 Å². The van der Waals surface area contributed by atoms with Crippen LogP contribution in [-0.2, 0) is 0 Å². The van der Waals surface area contributed by atoms with Crippen LogP contribution in [0.4, 0.5) is 0 Å². The molecule has 0 aliphatic heterocycles. The van der Waals surface area contributed by atoms with E-state index in [1.807, 2.05) is 35.1 Å². The van der Waals surface area contributed by atoms with Gasteiger partial charge in [0.15, 0.2) is 0 Å². The SMILES string of the molecule is c1ccc2c(c1)sc1c(-c3ccnc4c3sc3ccccc34)ccnc12. The second kappa shape index (κ2) is 5.34. The number of pyridine rings is 2. The minimum absolute atomic E-state index is 1.09. The fourth-order valence-corrected chi connectivity index (χ4v) is 6.01. The fourth-order valence-electron chi connectivity index (χ4n) is 3.63. The van der Waals surface area contributed by atoms with Crippen molar-refractivity contribution in [2.24, 2.45) is 0 Å². The van der Waals surface area contributed by atoms with E-state index in [1.54, 1.807) is 0 Å². The number of thiophene rings is 2. The van der Waals surface area contributed by atoms with E-state index in [0.29, 0.717) is 0 Å². The Bertz CT molecular complexity index is 1330. The molecular formula is C22H12N2S2. The number of benzene rings is 2. The zero-order chi connectivity index (χ0) is 17.1. The maximum atomic E-state index is 4.68. The summed E-state index contributed by atoms with van der Waals surface area (Å²) in [4.78, 5) is 9.35. The van der Waals surface area contributed by atoms with Crippen molar-refractivity contribution in [1.82, 2.24) is 9.97 Å². The van der Waals surface area contributed by atoms with E-state index in [-0.39, 0.29) is 0 Å². The highest BCUT2D eigenvalue weighted by atomic mass is 32.1. The summed E-state index contributed by atoms with van der Waals surface area (Å²) in [6.45, 7) is 0. The third-order valence-electron chi connectivity index (χ3n) is 4.81. The quantitative estimate of drug-likeness (QED) is 0.316. The van der Waals surface area contributed by atoms with Crippen LogP contribution in [-0.4, -0.2) is 9.97 Å². The molecule has 4 heterocycles. The monoisotopic (exact) mass is 368 g/mol. The van der Waals surface area contributed by atoms with Gasteiger partial charge in [-0.15, -0.1) is 22.7 Å². The number of fused-ring (bicyclic) bond motifs is 6. The molecule has 6 aromatic rings. The van der Waals surface area contributed by atoms with Crippen LogP contribution in [0.25, 0.3) is 51.7 Å². The Kier molecular flexibility index (Phi) is 2.95. The first-order valence-electron chi connectivity index (χ1n) is 8.43. The maximum absolute atomic E-state index is 4.68. The van der Waals surface area contributed by atoms with Crippen molar-refractivity contribution in [3.8, 4) is 11.1 Å². The van der Waals surface area contributed by atoms with Gasteiger partial charge in [-0.3, -0.25) is 9.97 Å². The standard InChI is InChI=1S/C22H12N2S2/c1-3-7-17-15(5-1)19-21(25-17)13(9-11-23-19)14-10-12-24-20-16-6-2-4-8-18(16)26-22(14)20/h1-12H. The van der Waals surface area contributed by atoms with Crippen LogP contribution in [0.1, 0.15) is 0 Å². The first-order valence-corrected chi connectivity index (χ1v) is 10.1. The highest BCUT2D eigenvalue weighted by molar-refractivity contribution is 7.27. The molecule has 2 aromatic carbocycles. The van der Waals surface area contributed by atoms with E-state index < -0.39 is 0 Å². The zero-order valence-corrected chi connectivity index (χ0v) is 15.3. The Morgan fingerprint density at radius 1 is 0.538 bits per heavy atom. The summed E-state index contributed by atoms with van der Waals surface area (Å²) < 4.78 is 5.06. The number of hydrogen-bond acceptors (Lipinski definition) is 4. The molecule has 0 radical (unpaired) electrons. The lowest BCUT2D eigenvalue weighted by molar-refractivity contribution is 1.42. The van der Waals surface area contributed by atoms with E-state index in [2.05, 4.69) is 70.6 Å². The van der Waals surface area contributed by atoms with Crippen LogP contribution < -0.4 is 0 Å². The van der Waals surface area contributed by atoms with Crippen molar-refractivity contribution in [2.45, 2.75) is 0 Å². The highest BCUT2D eigenvalue weighted by Crippen LogP contribution is 2.43. The smallest absolute Gasteiger partial charge is 0.0894 e. The van der Waals surface area contributed by atoms with Crippen LogP contribution >= 0.6 is 22.7 Å². The normalized spacial score (nSPS) is 11.8. The van der Waals surface area contributed by atoms with Crippen LogP contribution in [0.2, 0.25) is 0 Å². The summed E-state index contributed by atoms with van der Waals surface area (Å²) in [5.41, 5.74) is 4.67. The zero-order valence-electron chi connectivity index (χ0n) is 13.6. The molecule has 4 heteroatoms. The predicted molar refractivity (Wildman–Crippen MR) is 113 cm³/mol. The Morgan fingerprint density at radius 2 is 1.00 bits per heavy atom. The molecule has 0 spiro atoms. The molecule has 0 saturated carbocycles. The fraction of sp³-hybridized carbons (Fsp3) is 0. The van der Waals surface area contributed by atoms with Gasteiger partial charge in [0.05, 0.1) is 20.4 Å². The van der Waals surface area contributed by atoms with Gasteiger partial charge in [-0.1, -0.05) is 36.4 Å². The van der Waals surface area contributed by atoms with Gasteiger partial charge in [-0.05, 0) is 24.3 Å². The van der Waals surface area contributed by atoms with Crippen molar-refractivity contribution >= 4 is 63.3 Å². The van der Waals surface area contributed by atoms with Gasteiger partial charge in [0.2, 0.25) is 0 Å². The lowest BCUT2D eigenvalue weighted by Gasteiger charge is -2.04. The number of hydrogen-bond donors (Lipinski definition) is 0. The van der Waals surface area contributed by atoms with E-state index in [1.165, 1.54) is 40.7 Å². The van der Waals surface area contributed by atoms with Crippen LogP contribution in [0.3, 0.4) is 0 Å². The molecule has 0 aliphatic rings. The Labute approximate surface area is 157 Å². The van der Waals surface area contributed by atoms with Gasteiger partial charge in [-0.2, -0.15) is 0 Å². The molecule has 2 nitrogen and oxygen atoms in total. The third-order valence-corrected chi connectivity index (χ3v) is 7.19. The first kappa shape index (κ1) is 14.4. The van der Waals surface area contributed by atoms with E-state index in [4.69, 9.17) is 0 Å². The molecule has 0 bridgehead atoms. The van der Waals surface area contributed by atoms with Crippen molar-refractivity contribution < 1.29 is 0 Å². The van der Waals surface area contributed by atoms with Crippen molar-refractivity contribution in [1.29, 1.82) is 0 Å². The van der Waals surface area contributed by atoms with Crippen molar-refractivity contribution in [3.63, 3.8) is 0 Å². The van der Waals surface area contributed by atoms with E-state index in [0.717, 1.165) is 11.0 Å².